The summed E-state index contributed by atoms with van der Waals surface area (Å²) in [4.78, 5) is 16.1. The van der Waals surface area contributed by atoms with Crippen LogP contribution < -0.4 is 4.74 Å². The molecule has 5 nitrogen and oxygen atoms in total. The van der Waals surface area contributed by atoms with Crippen LogP contribution in [0.5, 0.6) is 5.75 Å². The minimum atomic E-state index is -2.10. The third-order valence-electron chi connectivity index (χ3n) is 8.81. The Morgan fingerprint density at radius 2 is 1.76 bits per heavy atom. The molecule has 1 aliphatic carbocycles. The van der Waals surface area contributed by atoms with Crippen molar-refractivity contribution in [3.63, 3.8) is 0 Å². The molecule has 1 aromatic rings. The number of nitrogens with zero attached hydrogens (tertiary/aromatic N) is 1. The van der Waals surface area contributed by atoms with Gasteiger partial charge in [0.2, 0.25) is 0 Å². The first-order valence-electron chi connectivity index (χ1n) is 13.4. The molecule has 0 N–H and O–H groups in total. The summed E-state index contributed by atoms with van der Waals surface area (Å²) < 4.78 is 18.1. The molecule has 0 aromatic heterocycles. The maximum atomic E-state index is 13.9. The van der Waals surface area contributed by atoms with Crippen molar-refractivity contribution in [1.29, 1.82) is 0 Å². The van der Waals surface area contributed by atoms with Gasteiger partial charge in [-0.3, -0.25) is 0 Å². The Morgan fingerprint density at radius 3 is 2.35 bits per heavy atom. The number of methoxy groups -OCH3 is 1. The zero-order valence-corrected chi connectivity index (χ0v) is 23.8. The fourth-order valence-corrected chi connectivity index (χ4v) is 6.37. The Hall–Kier alpha value is -1.37. The van der Waals surface area contributed by atoms with Crippen LogP contribution in [0.25, 0.3) is 0 Å². The van der Waals surface area contributed by atoms with Gasteiger partial charge < -0.3 is 4.74 Å². The van der Waals surface area contributed by atoms with Gasteiger partial charge in [0.15, 0.2) is 0 Å². The second-order valence-electron chi connectivity index (χ2n) is 12.4. The summed E-state index contributed by atoms with van der Waals surface area (Å²) in [6, 6.07) is 8.27. The molecule has 1 aromatic carbocycles. The van der Waals surface area contributed by atoms with Crippen LogP contribution in [0.1, 0.15) is 78.2 Å². The maximum absolute atomic E-state index is 13.9. The quantitative estimate of drug-likeness (QED) is 0.301. The third-order valence-corrected chi connectivity index (χ3v) is 14.1. The first-order valence-corrected chi connectivity index (χ1v) is 16.8. The molecule has 2 fully saturated rings. The first-order chi connectivity index (χ1) is 16.0. The number of benzene rings is 1. The molecule has 2 aliphatic rings. The molecule has 1 unspecified atom stereocenters. The number of hydrogen-bond donors (Lipinski definition) is 0. The molecular formula is C28H48NO4Si-. The van der Waals surface area contributed by atoms with Crippen molar-refractivity contribution in [2.75, 3.05) is 20.3 Å². The van der Waals surface area contributed by atoms with E-state index in [2.05, 4.69) is 50.9 Å². The zero-order chi connectivity index (χ0) is 25.0. The van der Waals surface area contributed by atoms with Crippen molar-refractivity contribution in [3.05, 3.63) is 29.8 Å². The summed E-state index contributed by atoms with van der Waals surface area (Å²) in [5.41, 5.74) is 0.360. The molecule has 6 heteroatoms. The van der Waals surface area contributed by atoms with Crippen molar-refractivity contribution in [2.45, 2.75) is 109 Å². The van der Waals surface area contributed by atoms with E-state index in [4.69, 9.17) is 13.9 Å². The molecule has 34 heavy (non-hydrogen) atoms. The monoisotopic (exact) mass is 490 g/mol. The standard InChI is InChI=1S/C28H48NO4Si/c1-27(2,3)34(6,7)33-19-11-18-28(4)26(30)29(20-22-14-16-24(31-5)17-15-22)25(21-32-28)23-12-9-8-10-13-23/h14-17,23,25,34H,8-13,18-21H2,1-7H3/q-1/t25?,28-/m1/s1. The Labute approximate surface area is 208 Å². The molecule has 0 bridgehead atoms. The Bertz CT molecular complexity index is 798. The summed E-state index contributed by atoms with van der Waals surface area (Å²) in [6.07, 6.45) is 7.75. The number of amides is 1. The number of carbonyl (C=O) groups is 1. The van der Waals surface area contributed by atoms with E-state index in [1.165, 1.54) is 32.1 Å². The molecule has 2 atom stereocenters. The van der Waals surface area contributed by atoms with Gasteiger partial charge >= 0.3 is 197 Å². The fourth-order valence-electron chi connectivity index (χ4n) is 5.12. The van der Waals surface area contributed by atoms with E-state index < -0.39 is 13.9 Å². The molecule has 3 rings (SSSR count). The SMILES string of the molecule is COc1ccc(CN2C(=O)[C@@](C)(CCCO[SiH-](C)(C)C(C)(C)C)OCC2C2CCCCC2)cc1. The Morgan fingerprint density at radius 1 is 1.12 bits per heavy atom. The van der Waals surface area contributed by atoms with E-state index in [1.807, 2.05) is 19.1 Å². The van der Waals surface area contributed by atoms with Crippen LogP contribution >= 0.6 is 0 Å². The minimum absolute atomic E-state index is 0.139. The normalized spacial score (nSPS) is 25.4. The van der Waals surface area contributed by atoms with Gasteiger partial charge in [0.1, 0.15) is 0 Å². The van der Waals surface area contributed by atoms with Crippen molar-refractivity contribution in [2.24, 2.45) is 5.92 Å². The summed E-state index contributed by atoms with van der Waals surface area (Å²) in [5.74, 6) is 1.51. The van der Waals surface area contributed by atoms with E-state index in [9.17, 15) is 4.79 Å². The van der Waals surface area contributed by atoms with Gasteiger partial charge in [-0.1, -0.05) is 0 Å². The summed E-state index contributed by atoms with van der Waals surface area (Å²) in [7, 11) is -0.417. The third kappa shape index (κ3) is 6.44. The van der Waals surface area contributed by atoms with Crippen LogP contribution in [0.4, 0.5) is 0 Å². The number of rotatable bonds is 9. The van der Waals surface area contributed by atoms with Crippen LogP contribution in [0.15, 0.2) is 24.3 Å². The zero-order valence-electron chi connectivity index (χ0n) is 22.7. The molecule has 194 valence electrons. The molecule has 1 saturated heterocycles. The van der Waals surface area contributed by atoms with Gasteiger partial charge in [-0.05, 0) is 0 Å². The van der Waals surface area contributed by atoms with Crippen LogP contribution in [0.2, 0.25) is 18.1 Å². The molecule has 1 heterocycles. The fraction of sp³-hybridized carbons (Fsp3) is 0.750. The molecule has 0 radical (unpaired) electrons. The summed E-state index contributed by atoms with van der Waals surface area (Å²) >= 11 is 0. The van der Waals surface area contributed by atoms with Crippen molar-refractivity contribution >= 4 is 14.2 Å². The van der Waals surface area contributed by atoms with Gasteiger partial charge in [-0.2, -0.15) is 0 Å². The Balaban J connectivity index is 1.70. The van der Waals surface area contributed by atoms with E-state index in [0.29, 0.717) is 32.1 Å². The number of carbonyl (C=O) groups excluding carboxylic acids is 1. The van der Waals surface area contributed by atoms with E-state index >= 15 is 0 Å². The first kappa shape index (κ1) is 27.2. The van der Waals surface area contributed by atoms with E-state index in [0.717, 1.165) is 17.7 Å². The molecular weight excluding hydrogens is 442 g/mol. The number of morpholine rings is 1. The Kier molecular flexibility index (Phi) is 8.91. The molecule has 1 amide bonds. The summed E-state index contributed by atoms with van der Waals surface area (Å²) in [5, 5.41) is 0.219. The predicted molar refractivity (Wildman–Crippen MR) is 142 cm³/mol. The van der Waals surface area contributed by atoms with Crippen LogP contribution in [-0.2, 0) is 20.5 Å². The van der Waals surface area contributed by atoms with Crippen LogP contribution in [0, 0.1) is 5.92 Å². The second-order valence-corrected chi connectivity index (χ2v) is 17.9. The van der Waals surface area contributed by atoms with Gasteiger partial charge in [0, 0.05) is 0 Å². The average Bonchev–Trinajstić information content (AvgIpc) is 2.80. The second kappa shape index (κ2) is 11.1. The van der Waals surface area contributed by atoms with Crippen molar-refractivity contribution < 1.29 is 18.7 Å². The van der Waals surface area contributed by atoms with E-state index in [1.54, 1.807) is 7.11 Å². The van der Waals surface area contributed by atoms with Gasteiger partial charge in [-0.15, -0.1) is 0 Å². The predicted octanol–water partition coefficient (Wildman–Crippen LogP) is 6.30. The van der Waals surface area contributed by atoms with E-state index in [-0.39, 0.29) is 17.0 Å². The van der Waals surface area contributed by atoms with Gasteiger partial charge in [0.05, 0.1) is 7.11 Å². The average molecular weight is 491 g/mol. The van der Waals surface area contributed by atoms with Gasteiger partial charge in [-0.25, -0.2) is 0 Å². The molecule has 0 spiro atoms. The summed E-state index contributed by atoms with van der Waals surface area (Å²) in [6.45, 7) is 15.4. The molecule has 1 saturated carbocycles. The molecule has 1 aliphatic heterocycles. The van der Waals surface area contributed by atoms with Crippen molar-refractivity contribution in [3.8, 4) is 5.75 Å². The van der Waals surface area contributed by atoms with Crippen LogP contribution in [-0.4, -0.2) is 51.1 Å². The number of ether oxygens (including phenoxy) is 2. The number of hydrogen-bond acceptors (Lipinski definition) is 4. The van der Waals surface area contributed by atoms with Gasteiger partial charge in [0.25, 0.3) is 0 Å². The van der Waals surface area contributed by atoms with Crippen molar-refractivity contribution in [1.82, 2.24) is 4.90 Å². The topological polar surface area (TPSA) is 48.0 Å². The van der Waals surface area contributed by atoms with Crippen LogP contribution in [0.3, 0.4) is 0 Å².